The van der Waals surface area contributed by atoms with Crippen molar-refractivity contribution in [1.82, 2.24) is 0 Å². The van der Waals surface area contributed by atoms with Crippen LogP contribution in [0.3, 0.4) is 0 Å². The lowest BCUT2D eigenvalue weighted by Gasteiger charge is -2.48. The molecule has 2 aliphatic rings. The third kappa shape index (κ3) is 3.07. The lowest BCUT2D eigenvalue weighted by molar-refractivity contribution is 0.0153. The fourth-order valence-corrected chi connectivity index (χ4v) is 5.33. The molecular weight excluding hydrogens is 272 g/mol. The van der Waals surface area contributed by atoms with E-state index >= 15 is 0 Å². The number of fused-ring (bicyclic) bond motifs is 2. The van der Waals surface area contributed by atoms with Gasteiger partial charge in [0.15, 0.2) is 8.32 Å². The van der Waals surface area contributed by atoms with Crippen LogP contribution in [0.5, 0.6) is 0 Å². The van der Waals surface area contributed by atoms with Gasteiger partial charge in [-0.15, -0.1) is 6.58 Å². The Bertz CT molecular complexity index is 414. The van der Waals surface area contributed by atoms with Gasteiger partial charge in [-0.1, -0.05) is 39.0 Å². The first kappa shape index (κ1) is 17.0. The van der Waals surface area contributed by atoms with Gasteiger partial charge in [0.25, 0.3) is 0 Å². The maximum Gasteiger partial charge on any atom is 0.192 e. The SMILES string of the molecule is C=CCC[C@]12CCC(=C)[C@H](CC1)C2O[Si](C)(C)C(C)(C)C. The molecule has 1 unspecified atom stereocenters. The molecule has 2 saturated carbocycles. The molecule has 2 aliphatic carbocycles. The number of rotatable bonds is 5. The van der Waals surface area contributed by atoms with Gasteiger partial charge in [-0.05, 0) is 62.1 Å². The van der Waals surface area contributed by atoms with E-state index in [0.29, 0.717) is 17.4 Å². The van der Waals surface area contributed by atoms with Crippen molar-refractivity contribution in [2.75, 3.05) is 0 Å². The molecule has 0 heterocycles. The fourth-order valence-electron chi connectivity index (χ4n) is 3.93. The topological polar surface area (TPSA) is 9.23 Å². The summed E-state index contributed by atoms with van der Waals surface area (Å²) < 4.78 is 6.94. The quantitative estimate of drug-likeness (QED) is 0.441. The Hall–Kier alpha value is -0.343. The highest BCUT2D eigenvalue weighted by molar-refractivity contribution is 6.74. The van der Waals surface area contributed by atoms with Crippen molar-refractivity contribution < 1.29 is 4.43 Å². The van der Waals surface area contributed by atoms with Crippen molar-refractivity contribution in [2.24, 2.45) is 11.3 Å². The lowest BCUT2D eigenvalue weighted by atomic mass is 9.69. The molecule has 2 fully saturated rings. The zero-order valence-electron chi connectivity index (χ0n) is 14.8. The molecule has 1 nitrogen and oxygen atoms in total. The second kappa shape index (κ2) is 5.70. The minimum Gasteiger partial charge on any atom is -0.413 e. The second-order valence-corrected chi connectivity index (χ2v) is 13.5. The summed E-state index contributed by atoms with van der Waals surface area (Å²) >= 11 is 0. The summed E-state index contributed by atoms with van der Waals surface area (Å²) in [5.41, 5.74) is 1.85. The van der Waals surface area contributed by atoms with Crippen LogP contribution in [0.4, 0.5) is 0 Å². The third-order valence-corrected chi connectivity index (χ3v) is 10.9. The van der Waals surface area contributed by atoms with E-state index in [1.807, 2.05) is 0 Å². The van der Waals surface area contributed by atoms with E-state index in [1.54, 1.807) is 0 Å². The molecule has 0 aromatic carbocycles. The highest BCUT2D eigenvalue weighted by Crippen LogP contribution is 2.58. The number of hydrogen-bond donors (Lipinski definition) is 0. The number of hydrogen-bond acceptors (Lipinski definition) is 1. The van der Waals surface area contributed by atoms with Crippen molar-refractivity contribution in [2.45, 2.75) is 83.5 Å². The number of allylic oxidation sites excluding steroid dienone is 1. The minimum absolute atomic E-state index is 0.283. The Morgan fingerprint density at radius 1 is 1.33 bits per heavy atom. The molecule has 0 aromatic heterocycles. The van der Waals surface area contributed by atoms with Crippen LogP contribution in [-0.2, 0) is 4.43 Å². The van der Waals surface area contributed by atoms with Gasteiger partial charge in [0.05, 0.1) is 6.10 Å². The van der Waals surface area contributed by atoms with Gasteiger partial charge >= 0.3 is 0 Å². The van der Waals surface area contributed by atoms with E-state index in [4.69, 9.17) is 4.43 Å². The molecule has 3 atom stereocenters. The molecule has 0 N–H and O–H groups in total. The van der Waals surface area contributed by atoms with Gasteiger partial charge in [0.2, 0.25) is 0 Å². The van der Waals surface area contributed by atoms with Crippen LogP contribution in [0.15, 0.2) is 24.8 Å². The van der Waals surface area contributed by atoms with Crippen LogP contribution in [0.25, 0.3) is 0 Å². The van der Waals surface area contributed by atoms with Gasteiger partial charge in [0.1, 0.15) is 0 Å². The standard InChI is InChI=1S/C19H34OSi/c1-8-9-12-19-13-10-15(2)16(11-14-19)17(19)20-21(6,7)18(3,4)5/h8,16-17H,1-2,9-14H2,3-7H3/t16-,17?,19-/m0/s1. The highest BCUT2D eigenvalue weighted by Gasteiger charge is 2.54. The van der Waals surface area contributed by atoms with Crippen molar-refractivity contribution in [3.63, 3.8) is 0 Å². The molecule has 0 radical (unpaired) electrons. The Balaban J connectivity index is 2.25. The van der Waals surface area contributed by atoms with Gasteiger partial charge < -0.3 is 4.43 Å². The van der Waals surface area contributed by atoms with Crippen LogP contribution >= 0.6 is 0 Å². The third-order valence-electron chi connectivity index (χ3n) is 6.46. The van der Waals surface area contributed by atoms with Crippen LogP contribution in [-0.4, -0.2) is 14.4 Å². The predicted octanol–water partition coefficient (Wildman–Crippen LogP) is 6.09. The average molecular weight is 307 g/mol. The highest BCUT2D eigenvalue weighted by atomic mass is 28.4. The maximum atomic E-state index is 6.94. The van der Waals surface area contributed by atoms with Crippen LogP contribution in [0, 0.1) is 11.3 Å². The van der Waals surface area contributed by atoms with Crippen LogP contribution < -0.4 is 0 Å². The van der Waals surface area contributed by atoms with Crippen LogP contribution in [0.2, 0.25) is 18.1 Å². The summed E-state index contributed by atoms with van der Waals surface area (Å²) in [5, 5.41) is 0.283. The fraction of sp³-hybridized carbons (Fsp3) is 0.789. The Labute approximate surface area is 133 Å². The summed E-state index contributed by atoms with van der Waals surface area (Å²) in [6.07, 6.45) is 9.96. The molecule has 21 heavy (non-hydrogen) atoms. The molecule has 2 bridgehead atoms. The Kier molecular flexibility index (Phi) is 4.62. The molecule has 2 heteroatoms. The van der Waals surface area contributed by atoms with E-state index in [0.717, 1.165) is 6.42 Å². The first-order valence-corrected chi connectivity index (χ1v) is 11.5. The summed E-state index contributed by atoms with van der Waals surface area (Å²) in [5.74, 6) is 0.609. The molecule has 0 amide bonds. The van der Waals surface area contributed by atoms with E-state index in [1.165, 1.54) is 37.7 Å². The maximum absolute atomic E-state index is 6.94. The molecule has 120 valence electrons. The molecule has 0 saturated heterocycles. The predicted molar refractivity (Wildman–Crippen MR) is 95.0 cm³/mol. The zero-order chi connectivity index (χ0) is 15.9. The van der Waals surface area contributed by atoms with E-state index < -0.39 is 8.32 Å². The van der Waals surface area contributed by atoms with Crippen molar-refractivity contribution in [3.8, 4) is 0 Å². The first-order chi connectivity index (χ1) is 9.63. The average Bonchev–Trinajstić information content (AvgIpc) is 2.61. The molecule has 0 spiro atoms. The first-order valence-electron chi connectivity index (χ1n) is 8.59. The van der Waals surface area contributed by atoms with Crippen LogP contribution in [0.1, 0.15) is 59.3 Å². The molecule has 0 aromatic rings. The monoisotopic (exact) mass is 306 g/mol. The molecule has 2 rings (SSSR count). The normalized spacial score (nSPS) is 33.3. The lowest BCUT2D eigenvalue weighted by Crippen LogP contribution is -2.50. The van der Waals surface area contributed by atoms with Crippen molar-refractivity contribution in [3.05, 3.63) is 24.8 Å². The largest absolute Gasteiger partial charge is 0.413 e. The van der Waals surface area contributed by atoms with Gasteiger partial charge in [-0.25, -0.2) is 0 Å². The van der Waals surface area contributed by atoms with E-state index in [-0.39, 0.29) is 5.04 Å². The smallest absolute Gasteiger partial charge is 0.192 e. The zero-order valence-corrected chi connectivity index (χ0v) is 15.8. The van der Waals surface area contributed by atoms with Crippen molar-refractivity contribution in [1.29, 1.82) is 0 Å². The van der Waals surface area contributed by atoms with E-state index in [2.05, 4.69) is 53.1 Å². The second-order valence-electron chi connectivity index (χ2n) is 8.79. The summed E-state index contributed by atoms with van der Waals surface area (Å²) in [6.45, 7) is 20.1. The van der Waals surface area contributed by atoms with Gasteiger partial charge in [0, 0.05) is 5.92 Å². The van der Waals surface area contributed by atoms with Gasteiger partial charge in [-0.3, -0.25) is 0 Å². The molecular formula is C19H34OSi. The van der Waals surface area contributed by atoms with Crippen molar-refractivity contribution >= 4 is 8.32 Å². The van der Waals surface area contributed by atoms with Gasteiger partial charge in [-0.2, -0.15) is 0 Å². The Morgan fingerprint density at radius 3 is 2.57 bits per heavy atom. The Morgan fingerprint density at radius 2 is 2.00 bits per heavy atom. The van der Waals surface area contributed by atoms with E-state index in [9.17, 15) is 0 Å². The summed E-state index contributed by atoms with van der Waals surface area (Å²) in [4.78, 5) is 0. The summed E-state index contributed by atoms with van der Waals surface area (Å²) in [6, 6.07) is 0. The minimum atomic E-state index is -1.72. The molecule has 0 aliphatic heterocycles. The summed E-state index contributed by atoms with van der Waals surface area (Å²) in [7, 11) is -1.72.